The van der Waals surface area contributed by atoms with Gasteiger partial charge in [-0.15, -0.1) is 0 Å². The second kappa shape index (κ2) is 5.42. The molecule has 1 aromatic rings. The predicted octanol–water partition coefficient (Wildman–Crippen LogP) is 2.30. The molecule has 0 saturated heterocycles. The van der Waals surface area contributed by atoms with Gasteiger partial charge < -0.3 is 15.8 Å². The van der Waals surface area contributed by atoms with Gasteiger partial charge in [-0.25, -0.2) is 4.39 Å². The maximum Gasteiger partial charge on any atom is 0.135 e. The van der Waals surface area contributed by atoms with E-state index in [9.17, 15) is 4.39 Å². The highest BCUT2D eigenvalue weighted by molar-refractivity contribution is 7.80. The Morgan fingerprint density at radius 1 is 1.53 bits per heavy atom. The van der Waals surface area contributed by atoms with Crippen molar-refractivity contribution in [1.29, 1.82) is 0 Å². The Bertz CT molecular complexity index is 421. The van der Waals surface area contributed by atoms with Gasteiger partial charge in [0, 0.05) is 19.3 Å². The minimum atomic E-state index is -0.419. The number of nitrogens with two attached hydrogens (primary N) is 1. The summed E-state index contributed by atoms with van der Waals surface area (Å²) in [6.07, 6.45) is 0. The topological polar surface area (TPSA) is 47.3 Å². The van der Waals surface area contributed by atoms with E-state index in [1.165, 1.54) is 6.07 Å². The SMILES string of the molecule is COC(C)(C)CNc1cccc(F)c1C(N)=S. The molecule has 0 amide bonds. The minimum Gasteiger partial charge on any atom is -0.389 e. The van der Waals surface area contributed by atoms with Gasteiger partial charge in [0.25, 0.3) is 0 Å². The van der Waals surface area contributed by atoms with Gasteiger partial charge >= 0.3 is 0 Å². The fraction of sp³-hybridized carbons (Fsp3) is 0.417. The van der Waals surface area contributed by atoms with Gasteiger partial charge in [-0.05, 0) is 26.0 Å². The maximum atomic E-state index is 13.6. The number of halogens is 1. The molecule has 0 spiro atoms. The number of anilines is 1. The molecule has 0 aliphatic carbocycles. The first-order valence-corrected chi connectivity index (χ1v) is 5.65. The zero-order valence-corrected chi connectivity index (χ0v) is 11.0. The van der Waals surface area contributed by atoms with Crippen LogP contribution in [0.5, 0.6) is 0 Å². The molecule has 0 unspecified atom stereocenters. The summed E-state index contributed by atoms with van der Waals surface area (Å²) >= 11 is 4.84. The molecule has 0 heterocycles. The van der Waals surface area contributed by atoms with Gasteiger partial charge in [0.2, 0.25) is 0 Å². The first-order chi connectivity index (χ1) is 7.87. The van der Waals surface area contributed by atoms with E-state index in [2.05, 4.69) is 5.32 Å². The van der Waals surface area contributed by atoms with Crippen molar-refractivity contribution < 1.29 is 9.13 Å². The second-order valence-corrected chi connectivity index (χ2v) is 4.78. The molecular formula is C12H17FN2OS. The zero-order valence-electron chi connectivity index (χ0n) is 10.2. The Morgan fingerprint density at radius 2 is 2.18 bits per heavy atom. The summed E-state index contributed by atoms with van der Waals surface area (Å²) in [4.78, 5) is 0.0424. The number of rotatable bonds is 5. The third-order valence-electron chi connectivity index (χ3n) is 2.52. The minimum absolute atomic E-state index is 0.0424. The molecule has 0 radical (unpaired) electrons. The summed E-state index contributed by atoms with van der Waals surface area (Å²) in [5.74, 6) is -0.419. The lowest BCUT2D eigenvalue weighted by atomic mass is 10.1. The number of benzene rings is 1. The summed E-state index contributed by atoms with van der Waals surface area (Å²) in [5, 5.41) is 3.09. The molecule has 1 rings (SSSR count). The summed E-state index contributed by atoms with van der Waals surface area (Å²) in [7, 11) is 1.63. The molecule has 0 aromatic heterocycles. The average molecular weight is 256 g/mol. The van der Waals surface area contributed by atoms with Crippen LogP contribution < -0.4 is 11.1 Å². The molecule has 1 aromatic carbocycles. The third kappa shape index (κ3) is 3.64. The smallest absolute Gasteiger partial charge is 0.135 e. The van der Waals surface area contributed by atoms with E-state index in [0.717, 1.165) is 0 Å². The van der Waals surface area contributed by atoms with E-state index >= 15 is 0 Å². The molecule has 94 valence electrons. The molecule has 3 nitrogen and oxygen atoms in total. The van der Waals surface area contributed by atoms with Crippen LogP contribution in [0.4, 0.5) is 10.1 Å². The van der Waals surface area contributed by atoms with Crippen LogP contribution in [0.25, 0.3) is 0 Å². The summed E-state index contributed by atoms with van der Waals surface area (Å²) in [6, 6.07) is 4.68. The largest absolute Gasteiger partial charge is 0.389 e. The van der Waals surface area contributed by atoms with Crippen molar-refractivity contribution in [3.8, 4) is 0 Å². The molecule has 0 aliphatic heterocycles. The third-order valence-corrected chi connectivity index (χ3v) is 2.72. The Kier molecular flexibility index (Phi) is 4.42. The van der Waals surface area contributed by atoms with Gasteiger partial charge in [0.1, 0.15) is 10.8 Å². The van der Waals surface area contributed by atoms with Crippen LogP contribution in [-0.4, -0.2) is 24.2 Å². The number of methoxy groups -OCH3 is 1. The molecule has 0 saturated carbocycles. The molecule has 3 N–H and O–H groups in total. The number of hydrogen-bond donors (Lipinski definition) is 2. The highest BCUT2D eigenvalue weighted by atomic mass is 32.1. The van der Waals surface area contributed by atoms with Gasteiger partial charge in [-0.2, -0.15) is 0 Å². The Balaban J connectivity index is 2.92. The van der Waals surface area contributed by atoms with Gasteiger partial charge in [-0.3, -0.25) is 0 Å². The van der Waals surface area contributed by atoms with Crippen molar-refractivity contribution in [3.63, 3.8) is 0 Å². The quantitative estimate of drug-likeness (QED) is 0.794. The molecule has 0 bridgehead atoms. The van der Waals surface area contributed by atoms with Crippen LogP contribution in [0.2, 0.25) is 0 Å². The van der Waals surface area contributed by atoms with E-state index < -0.39 is 5.82 Å². The van der Waals surface area contributed by atoms with E-state index in [1.807, 2.05) is 13.8 Å². The Hall–Kier alpha value is -1.20. The molecular weight excluding hydrogens is 239 g/mol. The van der Waals surface area contributed by atoms with Crippen LogP contribution in [0.1, 0.15) is 19.4 Å². The van der Waals surface area contributed by atoms with Gasteiger partial charge in [0.05, 0.1) is 11.2 Å². The molecule has 0 fully saturated rings. The van der Waals surface area contributed by atoms with Crippen molar-refractivity contribution in [1.82, 2.24) is 0 Å². The van der Waals surface area contributed by atoms with Crippen LogP contribution in [0, 0.1) is 5.82 Å². The van der Waals surface area contributed by atoms with Crippen LogP contribution >= 0.6 is 12.2 Å². The zero-order chi connectivity index (χ0) is 13.1. The van der Waals surface area contributed by atoms with Gasteiger partial charge in [-0.1, -0.05) is 18.3 Å². The number of nitrogens with one attached hydrogen (secondary N) is 1. The van der Waals surface area contributed by atoms with Crippen molar-refractivity contribution in [3.05, 3.63) is 29.6 Å². The van der Waals surface area contributed by atoms with Crippen molar-refractivity contribution in [2.45, 2.75) is 19.4 Å². The van der Waals surface area contributed by atoms with Crippen molar-refractivity contribution in [2.75, 3.05) is 19.0 Å². The van der Waals surface area contributed by atoms with E-state index in [4.69, 9.17) is 22.7 Å². The lowest BCUT2D eigenvalue weighted by Gasteiger charge is -2.24. The summed E-state index contributed by atoms with van der Waals surface area (Å²) < 4.78 is 18.8. The van der Waals surface area contributed by atoms with Crippen molar-refractivity contribution >= 4 is 22.9 Å². The van der Waals surface area contributed by atoms with E-state index in [0.29, 0.717) is 12.2 Å². The van der Waals surface area contributed by atoms with Crippen LogP contribution in [-0.2, 0) is 4.74 Å². The number of hydrogen-bond acceptors (Lipinski definition) is 3. The lowest BCUT2D eigenvalue weighted by molar-refractivity contribution is 0.0344. The summed E-state index contributed by atoms with van der Waals surface area (Å²) in [6.45, 7) is 4.39. The molecule has 0 aliphatic rings. The number of thiocarbonyl (C=S) groups is 1. The highest BCUT2D eigenvalue weighted by Gasteiger charge is 2.18. The second-order valence-electron chi connectivity index (χ2n) is 4.34. The fourth-order valence-corrected chi connectivity index (χ4v) is 1.51. The normalized spacial score (nSPS) is 11.3. The average Bonchev–Trinajstić information content (AvgIpc) is 2.26. The lowest BCUT2D eigenvalue weighted by Crippen LogP contribution is -2.32. The Morgan fingerprint density at radius 3 is 2.71 bits per heavy atom. The van der Waals surface area contributed by atoms with Crippen LogP contribution in [0.3, 0.4) is 0 Å². The first kappa shape index (κ1) is 13.9. The number of ether oxygens (including phenoxy) is 1. The molecule has 0 atom stereocenters. The van der Waals surface area contributed by atoms with E-state index in [-0.39, 0.29) is 16.2 Å². The van der Waals surface area contributed by atoms with Gasteiger partial charge in [0.15, 0.2) is 0 Å². The predicted molar refractivity (Wildman–Crippen MR) is 71.9 cm³/mol. The highest BCUT2D eigenvalue weighted by Crippen LogP contribution is 2.20. The Labute approximate surface area is 106 Å². The maximum absolute atomic E-state index is 13.6. The summed E-state index contributed by atoms with van der Waals surface area (Å²) in [5.41, 5.74) is 5.99. The van der Waals surface area contributed by atoms with Crippen LogP contribution in [0.15, 0.2) is 18.2 Å². The standard InChI is InChI=1S/C12H17FN2OS/c1-12(2,16-3)7-15-9-6-4-5-8(13)10(9)11(14)17/h4-6,15H,7H2,1-3H3,(H2,14,17). The van der Waals surface area contributed by atoms with E-state index in [1.54, 1.807) is 19.2 Å². The molecule has 5 heteroatoms. The first-order valence-electron chi connectivity index (χ1n) is 5.25. The molecule has 17 heavy (non-hydrogen) atoms. The monoisotopic (exact) mass is 256 g/mol. The van der Waals surface area contributed by atoms with Crippen molar-refractivity contribution in [2.24, 2.45) is 5.73 Å². The fourth-order valence-electron chi connectivity index (χ4n) is 1.30.